The van der Waals surface area contributed by atoms with Gasteiger partial charge in [-0.25, -0.2) is 4.99 Å². The third-order valence-corrected chi connectivity index (χ3v) is 3.82. The molecule has 2 aromatic rings. The highest BCUT2D eigenvalue weighted by Gasteiger charge is 2.09. The van der Waals surface area contributed by atoms with Crippen molar-refractivity contribution in [2.45, 2.75) is 53.2 Å². The molecule has 0 bridgehead atoms. The quantitative estimate of drug-likeness (QED) is 0.557. The Morgan fingerprint density at radius 1 is 1.19 bits per heavy atom. The minimum Gasteiger partial charge on any atom is -0.489 e. The van der Waals surface area contributed by atoms with Gasteiger partial charge in [0.05, 0.1) is 12.2 Å². The number of guanidine groups is 1. The molecular formula is C20H30N4O2. The van der Waals surface area contributed by atoms with Crippen molar-refractivity contribution in [1.82, 2.24) is 15.8 Å². The number of benzene rings is 1. The van der Waals surface area contributed by atoms with Crippen molar-refractivity contribution in [3.05, 3.63) is 47.3 Å². The highest BCUT2D eigenvalue weighted by Crippen LogP contribution is 2.15. The third-order valence-electron chi connectivity index (χ3n) is 3.82. The van der Waals surface area contributed by atoms with E-state index in [1.807, 2.05) is 44.2 Å². The average Bonchev–Trinajstić information content (AvgIpc) is 3.09. The van der Waals surface area contributed by atoms with E-state index in [9.17, 15) is 0 Å². The Labute approximate surface area is 156 Å². The van der Waals surface area contributed by atoms with Gasteiger partial charge in [0, 0.05) is 12.6 Å². The van der Waals surface area contributed by atoms with Crippen LogP contribution >= 0.6 is 0 Å². The lowest BCUT2D eigenvalue weighted by Crippen LogP contribution is -2.41. The van der Waals surface area contributed by atoms with E-state index >= 15 is 0 Å². The summed E-state index contributed by atoms with van der Waals surface area (Å²) in [4.78, 5) is 4.55. The van der Waals surface area contributed by atoms with Crippen LogP contribution in [0, 0.1) is 6.92 Å². The fourth-order valence-corrected chi connectivity index (χ4v) is 2.31. The molecule has 0 amide bonds. The topological polar surface area (TPSA) is 71.7 Å². The zero-order chi connectivity index (χ0) is 18.9. The minimum absolute atomic E-state index is 0.0133. The molecule has 0 aliphatic heterocycles. The molecule has 2 N–H and O–H groups in total. The first-order valence-corrected chi connectivity index (χ1v) is 9.19. The lowest BCUT2D eigenvalue weighted by atomic mass is 10.1. The molecule has 1 atom stereocenters. The van der Waals surface area contributed by atoms with E-state index in [0.29, 0.717) is 19.0 Å². The highest BCUT2D eigenvalue weighted by atomic mass is 16.5. The van der Waals surface area contributed by atoms with E-state index in [4.69, 9.17) is 9.26 Å². The number of aliphatic imine (C=N–C) groups is 1. The first kappa shape index (κ1) is 19.8. The second-order valence-electron chi connectivity index (χ2n) is 6.69. The Balaban J connectivity index is 1.86. The molecule has 6 nitrogen and oxygen atoms in total. The van der Waals surface area contributed by atoms with Crippen molar-refractivity contribution in [3.63, 3.8) is 0 Å². The maximum atomic E-state index is 5.92. The van der Waals surface area contributed by atoms with Gasteiger partial charge in [-0.1, -0.05) is 36.7 Å². The van der Waals surface area contributed by atoms with Crippen LogP contribution in [0.4, 0.5) is 0 Å². The van der Waals surface area contributed by atoms with Gasteiger partial charge in [0.25, 0.3) is 0 Å². The van der Waals surface area contributed by atoms with Gasteiger partial charge in [-0.2, -0.15) is 0 Å². The Bertz CT molecular complexity index is 692. The molecular weight excluding hydrogens is 328 g/mol. The second kappa shape index (κ2) is 9.85. The first-order valence-electron chi connectivity index (χ1n) is 9.19. The standard InChI is InChI=1S/C20H30N4O2/c1-6-21-20(23-13-18-11-19(14(2)3)24-26-18)22-12-16(5)25-17-9-7-15(4)8-10-17/h7-11,14,16H,6,12-13H2,1-5H3,(H2,21,22,23). The predicted molar refractivity (Wildman–Crippen MR) is 105 cm³/mol. The smallest absolute Gasteiger partial charge is 0.191 e. The lowest BCUT2D eigenvalue weighted by molar-refractivity contribution is 0.224. The number of hydrogen-bond donors (Lipinski definition) is 2. The molecule has 0 aliphatic rings. The zero-order valence-corrected chi connectivity index (χ0v) is 16.4. The predicted octanol–water partition coefficient (Wildman–Crippen LogP) is 3.63. The normalized spacial score (nSPS) is 12.9. The summed E-state index contributed by atoms with van der Waals surface area (Å²) in [7, 11) is 0. The van der Waals surface area contributed by atoms with Gasteiger partial charge in [-0.05, 0) is 38.8 Å². The summed E-state index contributed by atoms with van der Waals surface area (Å²) in [6.45, 7) is 12.2. The number of ether oxygens (including phenoxy) is 1. The molecule has 1 aromatic carbocycles. The van der Waals surface area contributed by atoms with Crippen LogP contribution in [0.3, 0.4) is 0 Å². The maximum Gasteiger partial charge on any atom is 0.191 e. The summed E-state index contributed by atoms with van der Waals surface area (Å²) in [5.41, 5.74) is 2.17. The van der Waals surface area contributed by atoms with Crippen LogP contribution in [0.2, 0.25) is 0 Å². The van der Waals surface area contributed by atoms with Gasteiger partial charge in [0.2, 0.25) is 0 Å². The van der Waals surface area contributed by atoms with Crippen molar-refractivity contribution in [2.24, 2.45) is 4.99 Å². The SMILES string of the molecule is CCNC(=NCc1cc(C(C)C)no1)NCC(C)Oc1ccc(C)cc1. The number of nitrogens with zero attached hydrogens (tertiary/aromatic N) is 2. The number of hydrogen-bond acceptors (Lipinski definition) is 4. The molecule has 142 valence electrons. The number of nitrogens with one attached hydrogen (secondary N) is 2. The Kier molecular flexibility index (Phi) is 7.51. The first-order chi connectivity index (χ1) is 12.5. The molecule has 0 saturated heterocycles. The Hall–Kier alpha value is -2.50. The summed E-state index contributed by atoms with van der Waals surface area (Å²) < 4.78 is 11.2. The third kappa shape index (κ3) is 6.43. The molecule has 1 heterocycles. The van der Waals surface area contributed by atoms with Crippen molar-refractivity contribution in [1.29, 1.82) is 0 Å². The Morgan fingerprint density at radius 3 is 2.54 bits per heavy atom. The molecule has 1 aromatic heterocycles. The molecule has 0 saturated carbocycles. The van der Waals surface area contributed by atoms with E-state index in [1.54, 1.807) is 0 Å². The van der Waals surface area contributed by atoms with Crippen LogP contribution in [-0.4, -0.2) is 30.3 Å². The highest BCUT2D eigenvalue weighted by molar-refractivity contribution is 5.79. The van der Waals surface area contributed by atoms with Crippen LogP contribution in [-0.2, 0) is 6.54 Å². The second-order valence-corrected chi connectivity index (χ2v) is 6.69. The van der Waals surface area contributed by atoms with Crippen molar-refractivity contribution >= 4 is 5.96 Å². The Morgan fingerprint density at radius 2 is 1.92 bits per heavy atom. The van der Waals surface area contributed by atoms with Crippen LogP contribution in [0.5, 0.6) is 5.75 Å². The fourth-order valence-electron chi connectivity index (χ4n) is 2.31. The summed E-state index contributed by atoms with van der Waals surface area (Å²) in [5.74, 6) is 2.71. The van der Waals surface area contributed by atoms with Crippen LogP contribution in [0.15, 0.2) is 39.8 Å². The van der Waals surface area contributed by atoms with E-state index in [0.717, 1.165) is 29.7 Å². The van der Waals surface area contributed by atoms with E-state index in [2.05, 4.69) is 41.6 Å². The van der Waals surface area contributed by atoms with Crippen LogP contribution in [0.1, 0.15) is 50.6 Å². The largest absolute Gasteiger partial charge is 0.489 e. The fraction of sp³-hybridized carbons (Fsp3) is 0.500. The van der Waals surface area contributed by atoms with Gasteiger partial charge < -0.3 is 19.9 Å². The zero-order valence-electron chi connectivity index (χ0n) is 16.4. The van der Waals surface area contributed by atoms with Crippen molar-refractivity contribution in [2.75, 3.05) is 13.1 Å². The summed E-state index contributed by atoms with van der Waals surface area (Å²) in [6.07, 6.45) is 0.0133. The van der Waals surface area contributed by atoms with Gasteiger partial charge in [0.15, 0.2) is 11.7 Å². The average molecular weight is 358 g/mol. The number of aromatic nitrogens is 1. The summed E-state index contributed by atoms with van der Waals surface area (Å²) in [6, 6.07) is 10.0. The molecule has 2 rings (SSSR count). The molecule has 0 spiro atoms. The van der Waals surface area contributed by atoms with Crippen molar-refractivity contribution in [3.8, 4) is 5.75 Å². The molecule has 0 radical (unpaired) electrons. The van der Waals surface area contributed by atoms with Crippen LogP contribution < -0.4 is 15.4 Å². The van der Waals surface area contributed by atoms with Gasteiger partial charge in [-0.3, -0.25) is 0 Å². The van der Waals surface area contributed by atoms with E-state index in [1.165, 1.54) is 5.56 Å². The summed E-state index contributed by atoms with van der Waals surface area (Å²) >= 11 is 0. The van der Waals surface area contributed by atoms with Gasteiger partial charge >= 0.3 is 0 Å². The van der Waals surface area contributed by atoms with Crippen molar-refractivity contribution < 1.29 is 9.26 Å². The minimum atomic E-state index is 0.0133. The van der Waals surface area contributed by atoms with E-state index < -0.39 is 0 Å². The molecule has 0 fully saturated rings. The van der Waals surface area contributed by atoms with Gasteiger partial charge in [0.1, 0.15) is 18.4 Å². The van der Waals surface area contributed by atoms with Crippen LogP contribution in [0.25, 0.3) is 0 Å². The maximum absolute atomic E-state index is 5.92. The molecule has 6 heteroatoms. The van der Waals surface area contributed by atoms with E-state index in [-0.39, 0.29) is 6.10 Å². The monoisotopic (exact) mass is 358 g/mol. The summed E-state index contributed by atoms with van der Waals surface area (Å²) in [5, 5.41) is 10.6. The number of rotatable bonds is 8. The molecule has 1 unspecified atom stereocenters. The molecule has 0 aliphatic carbocycles. The molecule has 26 heavy (non-hydrogen) atoms. The van der Waals surface area contributed by atoms with Gasteiger partial charge in [-0.15, -0.1) is 0 Å². The lowest BCUT2D eigenvalue weighted by Gasteiger charge is -2.17. The number of aryl methyl sites for hydroxylation is 1.